The van der Waals surface area contributed by atoms with E-state index in [2.05, 4.69) is 5.32 Å². The van der Waals surface area contributed by atoms with Gasteiger partial charge < -0.3 is 5.32 Å². The first-order chi connectivity index (χ1) is 9.61. The third-order valence-electron chi connectivity index (χ3n) is 2.76. The van der Waals surface area contributed by atoms with Gasteiger partial charge in [-0.3, -0.25) is 10.1 Å². The van der Waals surface area contributed by atoms with Crippen molar-refractivity contribution in [2.75, 3.05) is 5.32 Å². The van der Waals surface area contributed by atoms with Crippen LogP contribution in [0.3, 0.4) is 0 Å². The molecule has 2 aromatic rings. The maximum atomic E-state index is 10.9. The van der Waals surface area contributed by atoms with Crippen LogP contribution in [0, 0.1) is 21.4 Å². The predicted octanol–water partition coefficient (Wildman–Crippen LogP) is 3.73. The van der Waals surface area contributed by atoms with Gasteiger partial charge in [-0.25, -0.2) is 0 Å². The highest BCUT2D eigenvalue weighted by molar-refractivity contribution is 6.31. The summed E-state index contributed by atoms with van der Waals surface area (Å²) in [5, 5.41) is 23.4. The number of hydrogen-bond acceptors (Lipinski definition) is 4. The van der Waals surface area contributed by atoms with Gasteiger partial charge in [-0.2, -0.15) is 5.26 Å². The zero-order valence-electron chi connectivity index (χ0n) is 10.3. The van der Waals surface area contributed by atoms with Crippen LogP contribution in [0.15, 0.2) is 42.5 Å². The summed E-state index contributed by atoms with van der Waals surface area (Å²) in [5.41, 5.74) is 1.28. The number of nitro groups is 1. The molecule has 0 aliphatic carbocycles. The number of rotatable bonds is 4. The van der Waals surface area contributed by atoms with Crippen LogP contribution < -0.4 is 5.32 Å². The fourth-order valence-electron chi connectivity index (χ4n) is 1.73. The number of nitriles is 1. The molecule has 0 aliphatic rings. The average molecular weight is 288 g/mol. The summed E-state index contributed by atoms with van der Waals surface area (Å²) >= 11 is 6.03. The molecule has 0 saturated heterocycles. The standard InChI is InChI=1S/C14H10ClN3O2/c15-13-4-2-1-3-11(13)9-17-12-6-5-10(8-16)14(7-12)18(19)20/h1-7,17H,9H2. The molecular weight excluding hydrogens is 278 g/mol. The summed E-state index contributed by atoms with van der Waals surface area (Å²) in [5.74, 6) is 0. The molecule has 2 rings (SSSR count). The summed E-state index contributed by atoms with van der Waals surface area (Å²) in [6.45, 7) is 0.447. The number of halogens is 1. The molecule has 0 amide bonds. The summed E-state index contributed by atoms with van der Waals surface area (Å²) in [6, 6.07) is 13.5. The maximum absolute atomic E-state index is 10.9. The van der Waals surface area contributed by atoms with Gasteiger partial charge in [-0.05, 0) is 23.8 Å². The summed E-state index contributed by atoms with van der Waals surface area (Å²) < 4.78 is 0. The lowest BCUT2D eigenvalue weighted by atomic mass is 10.1. The third kappa shape index (κ3) is 3.05. The molecule has 0 spiro atoms. The second-order valence-electron chi connectivity index (χ2n) is 4.05. The second kappa shape index (κ2) is 6.04. The molecule has 20 heavy (non-hydrogen) atoms. The van der Waals surface area contributed by atoms with Crippen LogP contribution in [0.4, 0.5) is 11.4 Å². The van der Waals surface area contributed by atoms with Crippen molar-refractivity contribution in [1.82, 2.24) is 0 Å². The van der Waals surface area contributed by atoms with Crippen molar-refractivity contribution in [3.63, 3.8) is 0 Å². The van der Waals surface area contributed by atoms with E-state index < -0.39 is 4.92 Å². The first kappa shape index (κ1) is 13.8. The molecular formula is C14H10ClN3O2. The number of nitro benzene ring substituents is 1. The number of anilines is 1. The third-order valence-corrected chi connectivity index (χ3v) is 3.12. The highest BCUT2D eigenvalue weighted by Gasteiger charge is 2.14. The van der Waals surface area contributed by atoms with Crippen molar-refractivity contribution >= 4 is 23.0 Å². The zero-order chi connectivity index (χ0) is 14.5. The van der Waals surface area contributed by atoms with E-state index in [-0.39, 0.29) is 11.3 Å². The van der Waals surface area contributed by atoms with Crippen LogP contribution in [0.5, 0.6) is 0 Å². The summed E-state index contributed by atoms with van der Waals surface area (Å²) in [7, 11) is 0. The lowest BCUT2D eigenvalue weighted by molar-refractivity contribution is -0.385. The Bertz CT molecular complexity index is 695. The first-order valence-corrected chi connectivity index (χ1v) is 6.15. The fourth-order valence-corrected chi connectivity index (χ4v) is 1.93. The number of hydrogen-bond donors (Lipinski definition) is 1. The van der Waals surface area contributed by atoms with Crippen molar-refractivity contribution in [3.05, 3.63) is 68.7 Å². The van der Waals surface area contributed by atoms with Crippen molar-refractivity contribution in [3.8, 4) is 6.07 Å². The van der Waals surface area contributed by atoms with E-state index in [0.29, 0.717) is 17.3 Å². The molecule has 0 aromatic heterocycles. The van der Waals surface area contributed by atoms with E-state index in [9.17, 15) is 10.1 Å². The smallest absolute Gasteiger partial charge is 0.289 e. The van der Waals surface area contributed by atoms with Crippen molar-refractivity contribution in [1.29, 1.82) is 5.26 Å². The molecule has 1 N–H and O–H groups in total. The molecule has 6 heteroatoms. The minimum Gasteiger partial charge on any atom is -0.381 e. The van der Waals surface area contributed by atoms with Gasteiger partial charge in [0.05, 0.1) is 4.92 Å². The molecule has 5 nitrogen and oxygen atoms in total. The minimum absolute atomic E-state index is 0.0401. The van der Waals surface area contributed by atoms with E-state index in [1.54, 1.807) is 18.2 Å². The van der Waals surface area contributed by atoms with Gasteiger partial charge in [0.15, 0.2) is 0 Å². The highest BCUT2D eigenvalue weighted by atomic mass is 35.5. The Kier molecular flexibility index (Phi) is 4.18. The van der Waals surface area contributed by atoms with Crippen LogP contribution in [-0.2, 0) is 6.54 Å². The zero-order valence-corrected chi connectivity index (χ0v) is 11.1. The quantitative estimate of drug-likeness (QED) is 0.686. The lowest BCUT2D eigenvalue weighted by Gasteiger charge is -2.08. The Balaban J connectivity index is 2.19. The average Bonchev–Trinajstić information content (AvgIpc) is 2.46. The van der Waals surface area contributed by atoms with Crippen molar-refractivity contribution in [2.45, 2.75) is 6.54 Å². The van der Waals surface area contributed by atoms with Crippen molar-refractivity contribution < 1.29 is 4.92 Å². The Morgan fingerprint density at radius 1 is 1.30 bits per heavy atom. The second-order valence-corrected chi connectivity index (χ2v) is 4.45. The van der Waals surface area contributed by atoms with Gasteiger partial charge in [0.1, 0.15) is 11.6 Å². The minimum atomic E-state index is -0.570. The monoisotopic (exact) mass is 287 g/mol. The Labute approximate surface area is 120 Å². The van der Waals surface area contributed by atoms with Crippen LogP contribution in [0.1, 0.15) is 11.1 Å². The number of nitrogens with zero attached hydrogens (tertiary/aromatic N) is 2. The highest BCUT2D eigenvalue weighted by Crippen LogP contribution is 2.23. The van der Waals surface area contributed by atoms with Gasteiger partial charge in [0, 0.05) is 23.3 Å². The van der Waals surface area contributed by atoms with Gasteiger partial charge in [0.2, 0.25) is 0 Å². The van der Waals surface area contributed by atoms with Crippen LogP contribution in [-0.4, -0.2) is 4.92 Å². The van der Waals surface area contributed by atoms with Gasteiger partial charge in [0.25, 0.3) is 5.69 Å². The number of benzene rings is 2. The van der Waals surface area contributed by atoms with E-state index in [0.717, 1.165) is 5.56 Å². The molecule has 0 unspecified atom stereocenters. The molecule has 2 aromatic carbocycles. The Morgan fingerprint density at radius 3 is 2.70 bits per heavy atom. The summed E-state index contributed by atoms with van der Waals surface area (Å²) in [6.07, 6.45) is 0. The van der Waals surface area contributed by atoms with Crippen molar-refractivity contribution in [2.24, 2.45) is 0 Å². The molecule has 100 valence electrons. The van der Waals surface area contributed by atoms with E-state index in [1.807, 2.05) is 18.2 Å². The van der Waals surface area contributed by atoms with Crippen LogP contribution >= 0.6 is 11.6 Å². The largest absolute Gasteiger partial charge is 0.381 e. The van der Waals surface area contributed by atoms with E-state index in [4.69, 9.17) is 16.9 Å². The van der Waals surface area contributed by atoms with Gasteiger partial charge in [-0.15, -0.1) is 0 Å². The predicted molar refractivity (Wildman–Crippen MR) is 76.6 cm³/mol. The summed E-state index contributed by atoms with van der Waals surface area (Å²) in [4.78, 5) is 10.3. The van der Waals surface area contributed by atoms with E-state index >= 15 is 0 Å². The SMILES string of the molecule is N#Cc1ccc(NCc2ccccc2Cl)cc1[N+](=O)[O-]. The molecule has 0 heterocycles. The molecule has 0 radical (unpaired) electrons. The molecule has 0 atom stereocenters. The van der Waals surface area contributed by atoms with Crippen LogP contribution in [0.25, 0.3) is 0 Å². The Morgan fingerprint density at radius 2 is 2.05 bits per heavy atom. The van der Waals surface area contributed by atoms with Gasteiger partial charge in [-0.1, -0.05) is 29.8 Å². The fraction of sp³-hybridized carbons (Fsp3) is 0.0714. The van der Waals surface area contributed by atoms with Crippen LogP contribution in [0.2, 0.25) is 5.02 Å². The molecule has 0 bridgehead atoms. The number of nitrogens with one attached hydrogen (secondary N) is 1. The van der Waals surface area contributed by atoms with E-state index in [1.165, 1.54) is 12.1 Å². The van der Waals surface area contributed by atoms with Gasteiger partial charge >= 0.3 is 0 Å². The Hall–Kier alpha value is -2.58. The maximum Gasteiger partial charge on any atom is 0.289 e. The first-order valence-electron chi connectivity index (χ1n) is 5.77. The lowest BCUT2D eigenvalue weighted by Crippen LogP contribution is -2.01. The molecule has 0 aliphatic heterocycles. The molecule has 0 fully saturated rings. The topological polar surface area (TPSA) is 79.0 Å². The normalized spacial score (nSPS) is 9.80. The molecule has 0 saturated carbocycles.